The summed E-state index contributed by atoms with van der Waals surface area (Å²) < 4.78 is 0. The fraction of sp³-hybridized carbons (Fsp3) is 0.267. The van der Waals surface area contributed by atoms with E-state index in [-0.39, 0.29) is 6.04 Å². The second-order valence-corrected chi connectivity index (χ2v) is 5.41. The monoisotopic (exact) mass is 309 g/mol. The third-order valence-corrected chi connectivity index (χ3v) is 3.95. The van der Waals surface area contributed by atoms with Crippen molar-refractivity contribution in [1.82, 2.24) is 10.3 Å². The quantitative estimate of drug-likeness (QED) is 0.898. The van der Waals surface area contributed by atoms with Crippen molar-refractivity contribution >= 4 is 29.0 Å². The molecule has 1 aromatic heterocycles. The number of anilines is 1. The molecule has 2 rings (SSSR count). The lowest BCUT2D eigenvalue weighted by Gasteiger charge is -2.22. The molecule has 0 saturated carbocycles. The van der Waals surface area contributed by atoms with Gasteiger partial charge in [0, 0.05) is 11.8 Å². The molecule has 1 heterocycles. The predicted molar refractivity (Wildman–Crippen MR) is 85.4 cm³/mol. The SMILES string of the molecule is CCNC(c1ccc(Cl)c(Cl)c1)c1c(C)ccnc1N. The lowest BCUT2D eigenvalue weighted by molar-refractivity contribution is 0.627. The standard InChI is InChI=1S/C15H17Cl2N3/c1-3-19-14(10-4-5-11(16)12(17)8-10)13-9(2)6-7-20-15(13)18/h4-8,14,19H,3H2,1-2H3,(H2,18,20). The number of nitrogens with two attached hydrogens (primary N) is 1. The molecule has 0 bridgehead atoms. The molecule has 0 aliphatic carbocycles. The average Bonchev–Trinajstić information content (AvgIpc) is 2.41. The summed E-state index contributed by atoms with van der Waals surface area (Å²) in [7, 11) is 0. The van der Waals surface area contributed by atoms with Gasteiger partial charge < -0.3 is 11.1 Å². The first kappa shape index (κ1) is 15.1. The molecule has 2 aromatic rings. The molecule has 0 radical (unpaired) electrons. The molecule has 0 amide bonds. The van der Waals surface area contributed by atoms with Gasteiger partial charge in [0.25, 0.3) is 0 Å². The summed E-state index contributed by atoms with van der Waals surface area (Å²) in [5.74, 6) is 0.530. The van der Waals surface area contributed by atoms with Crippen LogP contribution in [0.2, 0.25) is 10.0 Å². The Kier molecular flexibility index (Phi) is 4.86. The first-order valence-corrected chi connectivity index (χ1v) is 7.19. The number of hydrogen-bond donors (Lipinski definition) is 2. The highest BCUT2D eigenvalue weighted by molar-refractivity contribution is 6.42. The van der Waals surface area contributed by atoms with Crippen molar-refractivity contribution in [1.29, 1.82) is 0 Å². The number of aromatic nitrogens is 1. The van der Waals surface area contributed by atoms with Crippen molar-refractivity contribution < 1.29 is 0 Å². The molecule has 1 unspecified atom stereocenters. The molecule has 106 valence electrons. The Morgan fingerprint density at radius 2 is 2.00 bits per heavy atom. The molecule has 0 saturated heterocycles. The highest BCUT2D eigenvalue weighted by atomic mass is 35.5. The summed E-state index contributed by atoms with van der Waals surface area (Å²) in [6.45, 7) is 4.88. The van der Waals surface area contributed by atoms with Gasteiger partial charge in [0.2, 0.25) is 0 Å². The van der Waals surface area contributed by atoms with Crippen molar-refractivity contribution in [3.63, 3.8) is 0 Å². The second-order valence-electron chi connectivity index (χ2n) is 4.59. The molecular formula is C15H17Cl2N3. The zero-order chi connectivity index (χ0) is 14.7. The van der Waals surface area contributed by atoms with Gasteiger partial charge in [-0.15, -0.1) is 0 Å². The molecule has 3 N–H and O–H groups in total. The summed E-state index contributed by atoms with van der Waals surface area (Å²) in [6, 6.07) is 7.51. The minimum absolute atomic E-state index is 0.0523. The van der Waals surface area contributed by atoms with Crippen molar-refractivity contribution in [2.45, 2.75) is 19.9 Å². The Labute approximate surface area is 129 Å². The number of aryl methyl sites for hydroxylation is 1. The van der Waals surface area contributed by atoms with Gasteiger partial charge >= 0.3 is 0 Å². The van der Waals surface area contributed by atoms with Crippen molar-refractivity contribution in [2.24, 2.45) is 0 Å². The van der Waals surface area contributed by atoms with E-state index in [0.717, 1.165) is 23.2 Å². The first-order chi connectivity index (χ1) is 9.54. The van der Waals surface area contributed by atoms with Gasteiger partial charge in [0.05, 0.1) is 16.1 Å². The van der Waals surface area contributed by atoms with Crippen molar-refractivity contribution in [2.75, 3.05) is 12.3 Å². The number of nitrogen functional groups attached to an aromatic ring is 1. The minimum Gasteiger partial charge on any atom is -0.383 e. The zero-order valence-corrected chi connectivity index (χ0v) is 13.0. The van der Waals surface area contributed by atoms with E-state index >= 15 is 0 Å². The largest absolute Gasteiger partial charge is 0.383 e. The Hall–Kier alpha value is -1.29. The number of rotatable bonds is 4. The van der Waals surface area contributed by atoms with Crippen LogP contribution >= 0.6 is 23.2 Å². The van der Waals surface area contributed by atoms with Gasteiger partial charge in [-0.25, -0.2) is 4.98 Å². The van der Waals surface area contributed by atoms with E-state index in [1.165, 1.54) is 0 Å². The fourth-order valence-corrected chi connectivity index (χ4v) is 2.56. The van der Waals surface area contributed by atoms with Gasteiger partial charge in [0.1, 0.15) is 5.82 Å². The van der Waals surface area contributed by atoms with Crippen LogP contribution in [-0.4, -0.2) is 11.5 Å². The van der Waals surface area contributed by atoms with E-state index in [0.29, 0.717) is 15.9 Å². The topological polar surface area (TPSA) is 50.9 Å². The van der Waals surface area contributed by atoms with Crippen molar-refractivity contribution in [3.8, 4) is 0 Å². The molecule has 20 heavy (non-hydrogen) atoms. The minimum atomic E-state index is -0.0523. The number of benzene rings is 1. The second kappa shape index (κ2) is 6.44. The third-order valence-electron chi connectivity index (χ3n) is 3.21. The van der Waals surface area contributed by atoms with Crippen molar-refractivity contribution in [3.05, 3.63) is 57.2 Å². The molecular weight excluding hydrogens is 293 g/mol. The van der Waals surface area contributed by atoms with E-state index in [1.807, 2.05) is 32.0 Å². The van der Waals surface area contributed by atoms with Gasteiger partial charge in [-0.3, -0.25) is 0 Å². The molecule has 0 aliphatic rings. The van der Waals surface area contributed by atoms with Crippen LogP contribution < -0.4 is 11.1 Å². The lowest BCUT2D eigenvalue weighted by Crippen LogP contribution is -2.24. The van der Waals surface area contributed by atoms with Crippen LogP contribution in [0.4, 0.5) is 5.82 Å². The Morgan fingerprint density at radius 3 is 2.60 bits per heavy atom. The Morgan fingerprint density at radius 1 is 1.25 bits per heavy atom. The van der Waals surface area contributed by atoms with Crippen LogP contribution in [0.25, 0.3) is 0 Å². The first-order valence-electron chi connectivity index (χ1n) is 6.44. The summed E-state index contributed by atoms with van der Waals surface area (Å²) in [6.07, 6.45) is 1.71. The van der Waals surface area contributed by atoms with E-state index < -0.39 is 0 Å². The average molecular weight is 310 g/mol. The van der Waals surface area contributed by atoms with Gasteiger partial charge in [-0.2, -0.15) is 0 Å². The Bertz CT molecular complexity index is 594. The maximum absolute atomic E-state index is 6.12. The van der Waals surface area contributed by atoms with Crippen LogP contribution in [-0.2, 0) is 0 Å². The maximum atomic E-state index is 6.12. The third kappa shape index (κ3) is 3.06. The van der Waals surface area contributed by atoms with E-state index in [9.17, 15) is 0 Å². The molecule has 1 atom stereocenters. The van der Waals surface area contributed by atoms with E-state index in [4.69, 9.17) is 28.9 Å². The fourth-order valence-electron chi connectivity index (χ4n) is 2.25. The van der Waals surface area contributed by atoms with Crippen LogP contribution in [0.1, 0.15) is 29.7 Å². The normalized spacial score (nSPS) is 12.4. The summed E-state index contributed by atoms with van der Waals surface area (Å²) in [4.78, 5) is 4.19. The number of nitrogens with one attached hydrogen (secondary N) is 1. The summed E-state index contributed by atoms with van der Waals surface area (Å²) in [5, 5.41) is 4.50. The number of hydrogen-bond acceptors (Lipinski definition) is 3. The number of pyridine rings is 1. The molecule has 5 heteroatoms. The molecule has 3 nitrogen and oxygen atoms in total. The highest BCUT2D eigenvalue weighted by Gasteiger charge is 2.19. The zero-order valence-electron chi connectivity index (χ0n) is 11.5. The van der Waals surface area contributed by atoms with E-state index in [2.05, 4.69) is 10.3 Å². The van der Waals surface area contributed by atoms with Crippen LogP contribution in [0.15, 0.2) is 30.5 Å². The molecule has 0 fully saturated rings. The maximum Gasteiger partial charge on any atom is 0.128 e. The number of halogens is 2. The summed E-state index contributed by atoms with van der Waals surface area (Å²) >= 11 is 12.1. The van der Waals surface area contributed by atoms with Crippen LogP contribution in [0, 0.1) is 6.92 Å². The van der Waals surface area contributed by atoms with E-state index in [1.54, 1.807) is 12.3 Å². The smallest absolute Gasteiger partial charge is 0.128 e. The van der Waals surface area contributed by atoms with Gasteiger partial charge in [0.15, 0.2) is 0 Å². The van der Waals surface area contributed by atoms with Crippen LogP contribution in [0.5, 0.6) is 0 Å². The number of nitrogens with zero attached hydrogens (tertiary/aromatic N) is 1. The van der Waals surface area contributed by atoms with Gasteiger partial charge in [-0.05, 0) is 42.8 Å². The summed E-state index contributed by atoms with van der Waals surface area (Å²) in [5.41, 5.74) is 9.14. The highest BCUT2D eigenvalue weighted by Crippen LogP contribution is 2.32. The van der Waals surface area contributed by atoms with Gasteiger partial charge in [-0.1, -0.05) is 36.2 Å². The molecule has 1 aromatic carbocycles. The molecule has 0 aliphatic heterocycles. The predicted octanol–water partition coefficient (Wildman–Crippen LogP) is 3.98. The van der Waals surface area contributed by atoms with Crippen LogP contribution in [0.3, 0.4) is 0 Å². The molecule has 0 spiro atoms. The Balaban J connectivity index is 2.53. The lowest BCUT2D eigenvalue weighted by atomic mass is 9.95.